The Hall–Kier alpha value is -1.10. The predicted molar refractivity (Wildman–Crippen MR) is 75.1 cm³/mol. The first-order valence-corrected chi connectivity index (χ1v) is 6.94. The summed E-state index contributed by atoms with van der Waals surface area (Å²) in [5, 5.41) is 11.0. The molecule has 2 rings (SSSR count). The lowest BCUT2D eigenvalue weighted by Gasteiger charge is -2.13. The quantitative estimate of drug-likeness (QED) is 0.912. The second-order valence-corrected chi connectivity index (χ2v) is 5.73. The van der Waals surface area contributed by atoms with Gasteiger partial charge in [0, 0.05) is 11.1 Å². The van der Waals surface area contributed by atoms with E-state index in [0.717, 1.165) is 9.92 Å². The SMILES string of the molecule is Cc1cc(Sc2ccc(Cl)cn2)c([C@H](C)O)cc1F. The van der Waals surface area contributed by atoms with Crippen molar-refractivity contribution in [3.8, 4) is 0 Å². The normalized spacial score (nSPS) is 12.5. The van der Waals surface area contributed by atoms with Crippen LogP contribution < -0.4 is 0 Å². The maximum Gasteiger partial charge on any atom is 0.126 e. The predicted octanol–water partition coefficient (Wildman–Crippen LogP) is 4.39. The van der Waals surface area contributed by atoms with E-state index in [2.05, 4.69) is 4.98 Å². The van der Waals surface area contributed by atoms with E-state index in [1.807, 2.05) is 0 Å². The zero-order chi connectivity index (χ0) is 14.0. The molecule has 5 heteroatoms. The van der Waals surface area contributed by atoms with Crippen molar-refractivity contribution < 1.29 is 9.50 Å². The molecule has 2 aromatic rings. The summed E-state index contributed by atoms with van der Waals surface area (Å²) in [6.07, 6.45) is 0.826. The third kappa shape index (κ3) is 3.47. The Morgan fingerprint density at radius 1 is 1.37 bits per heavy atom. The maximum absolute atomic E-state index is 13.6. The van der Waals surface area contributed by atoms with Crippen molar-refractivity contribution >= 4 is 23.4 Å². The molecule has 0 saturated heterocycles. The fraction of sp³-hybridized carbons (Fsp3) is 0.214. The minimum atomic E-state index is -0.732. The Kier molecular flexibility index (Phi) is 4.45. The van der Waals surface area contributed by atoms with E-state index in [1.54, 1.807) is 38.2 Å². The average Bonchev–Trinajstić information content (AvgIpc) is 2.36. The molecule has 0 saturated carbocycles. The summed E-state index contributed by atoms with van der Waals surface area (Å²) in [7, 11) is 0. The van der Waals surface area contributed by atoms with Crippen LogP contribution >= 0.6 is 23.4 Å². The topological polar surface area (TPSA) is 33.1 Å². The molecule has 0 aliphatic heterocycles. The third-order valence-corrected chi connectivity index (χ3v) is 3.90. The van der Waals surface area contributed by atoms with Gasteiger partial charge in [-0.2, -0.15) is 0 Å². The van der Waals surface area contributed by atoms with Gasteiger partial charge in [-0.05, 0) is 49.2 Å². The van der Waals surface area contributed by atoms with Gasteiger partial charge in [-0.3, -0.25) is 0 Å². The highest BCUT2D eigenvalue weighted by Crippen LogP contribution is 2.34. The highest BCUT2D eigenvalue weighted by molar-refractivity contribution is 7.99. The molecule has 1 N–H and O–H groups in total. The lowest BCUT2D eigenvalue weighted by atomic mass is 10.1. The van der Waals surface area contributed by atoms with Gasteiger partial charge in [0.15, 0.2) is 0 Å². The van der Waals surface area contributed by atoms with Crippen LogP contribution in [-0.4, -0.2) is 10.1 Å². The minimum Gasteiger partial charge on any atom is -0.389 e. The molecular formula is C14H13ClFNOS. The minimum absolute atomic E-state index is 0.315. The number of hydrogen-bond acceptors (Lipinski definition) is 3. The number of aromatic nitrogens is 1. The highest BCUT2D eigenvalue weighted by Gasteiger charge is 2.13. The summed E-state index contributed by atoms with van der Waals surface area (Å²) in [6, 6.07) is 6.63. The first-order valence-electron chi connectivity index (χ1n) is 5.75. The first kappa shape index (κ1) is 14.3. The molecule has 1 aromatic heterocycles. The standard InChI is InChI=1S/C14H13ClFNOS/c1-8-5-13(11(9(2)18)6-12(8)16)19-14-4-3-10(15)7-17-14/h3-7,9,18H,1-2H3/t9-/m0/s1. The Labute approximate surface area is 120 Å². The van der Waals surface area contributed by atoms with E-state index < -0.39 is 6.10 Å². The number of aryl methyl sites for hydroxylation is 1. The van der Waals surface area contributed by atoms with Gasteiger partial charge in [0.2, 0.25) is 0 Å². The lowest BCUT2D eigenvalue weighted by molar-refractivity contribution is 0.196. The van der Waals surface area contributed by atoms with Gasteiger partial charge < -0.3 is 5.11 Å². The van der Waals surface area contributed by atoms with Crippen LogP contribution in [0.4, 0.5) is 4.39 Å². The van der Waals surface area contributed by atoms with Gasteiger partial charge in [-0.1, -0.05) is 23.4 Å². The van der Waals surface area contributed by atoms with Crippen LogP contribution in [0.3, 0.4) is 0 Å². The molecule has 1 atom stereocenters. The molecule has 0 amide bonds. The van der Waals surface area contributed by atoms with Crippen molar-refractivity contribution in [1.29, 1.82) is 0 Å². The van der Waals surface area contributed by atoms with E-state index >= 15 is 0 Å². The number of halogens is 2. The maximum atomic E-state index is 13.6. The Morgan fingerprint density at radius 3 is 2.68 bits per heavy atom. The second kappa shape index (κ2) is 5.90. The van der Waals surface area contributed by atoms with Crippen molar-refractivity contribution in [2.75, 3.05) is 0 Å². The van der Waals surface area contributed by atoms with E-state index in [4.69, 9.17) is 11.6 Å². The largest absolute Gasteiger partial charge is 0.389 e. The molecule has 2 nitrogen and oxygen atoms in total. The van der Waals surface area contributed by atoms with Gasteiger partial charge in [0.1, 0.15) is 10.8 Å². The van der Waals surface area contributed by atoms with Crippen molar-refractivity contribution in [2.24, 2.45) is 0 Å². The monoisotopic (exact) mass is 297 g/mol. The number of pyridine rings is 1. The number of aliphatic hydroxyl groups is 1. The zero-order valence-electron chi connectivity index (χ0n) is 10.5. The van der Waals surface area contributed by atoms with Crippen LogP contribution in [0.5, 0.6) is 0 Å². The number of nitrogens with zero attached hydrogens (tertiary/aromatic N) is 1. The fourth-order valence-corrected chi connectivity index (χ4v) is 2.78. The Morgan fingerprint density at radius 2 is 2.11 bits per heavy atom. The number of benzene rings is 1. The second-order valence-electron chi connectivity index (χ2n) is 4.23. The van der Waals surface area contributed by atoms with Crippen molar-refractivity contribution in [3.05, 3.63) is 52.4 Å². The summed E-state index contributed by atoms with van der Waals surface area (Å²) < 4.78 is 13.6. The van der Waals surface area contributed by atoms with Crippen molar-refractivity contribution in [1.82, 2.24) is 4.98 Å². The zero-order valence-corrected chi connectivity index (χ0v) is 12.1. The molecule has 0 spiro atoms. The van der Waals surface area contributed by atoms with Crippen LogP contribution in [0.15, 0.2) is 40.4 Å². The van der Waals surface area contributed by atoms with Crippen molar-refractivity contribution in [3.63, 3.8) is 0 Å². The van der Waals surface area contributed by atoms with E-state index in [9.17, 15) is 9.50 Å². The first-order chi connectivity index (χ1) is 8.97. The Bertz CT molecular complexity index is 587. The van der Waals surface area contributed by atoms with Gasteiger partial charge in [-0.25, -0.2) is 9.37 Å². The van der Waals surface area contributed by atoms with E-state index in [0.29, 0.717) is 16.1 Å². The number of aliphatic hydroxyl groups excluding tert-OH is 1. The average molecular weight is 298 g/mol. The smallest absolute Gasteiger partial charge is 0.126 e. The molecule has 100 valence electrons. The molecular weight excluding hydrogens is 285 g/mol. The molecule has 0 bridgehead atoms. The molecule has 0 radical (unpaired) electrons. The van der Waals surface area contributed by atoms with Crippen LogP contribution in [0.1, 0.15) is 24.2 Å². The highest BCUT2D eigenvalue weighted by atomic mass is 35.5. The molecule has 19 heavy (non-hydrogen) atoms. The van der Waals surface area contributed by atoms with Crippen LogP contribution in [0, 0.1) is 12.7 Å². The van der Waals surface area contributed by atoms with Gasteiger partial charge in [-0.15, -0.1) is 0 Å². The summed E-state index contributed by atoms with van der Waals surface area (Å²) in [5.41, 5.74) is 1.10. The van der Waals surface area contributed by atoms with Gasteiger partial charge >= 0.3 is 0 Å². The molecule has 0 unspecified atom stereocenters. The molecule has 1 heterocycles. The third-order valence-electron chi connectivity index (χ3n) is 2.66. The molecule has 1 aromatic carbocycles. The van der Waals surface area contributed by atoms with Crippen LogP contribution in [-0.2, 0) is 0 Å². The van der Waals surface area contributed by atoms with E-state index in [1.165, 1.54) is 17.8 Å². The van der Waals surface area contributed by atoms with E-state index in [-0.39, 0.29) is 5.82 Å². The summed E-state index contributed by atoms with van der Waals surface area (Å²) in [4.78, 5) is 4.98. The lowest BCUT2D eigenvalue weighted by Crippen LogP contribution is -1.97. The van der Waals surface area contributed by atoms with Gasteiger partial charge in [0.25, 0.3) is 0 Å². The number of rotatable bonds is 3. The molecule has 0 fully saturated rings. The fourth-order valence-electron chi connectivity index (χ4n) is 1.62. The summed E-state index contributed by atoms with van der Waals surface area (Å²) in [5.74, 6) is -0.315. The Balaban J connectivity index is 2.38. The van der Waals surface area contributed by atoms with Crippen LogP contribution in [0.2, 0.25) is 5.02 Å². The summed E-state index contributed by atoms with van der Waals surface area (Å²) in [6.45, 7) is 3.31. The molecule has 0 aliphatic rings. The van der Waals surface area contributed by atoms with Crippen molar-refractivity contribution in [2.45, 2.75) is 29.9 Å². The van der Waals surface area contributed by atoms with Crippen LogP contribution in [0.25, 0.3) is 0 Å². The summed E-state index contributed by atoms with van der Waals surface area (Å²) >= 11 is 7.16. The number of hydrogen-bond donors (Lipinski definition) is 1. The van der Waals surface area contributed by atoms with Gasteiger partial charge in [0.05, 0.1) is 11.1 Å². The molecule has 0 aliphatic carbocycles.